The van der Waals surface area contributed by atoms with Crippen molar-refractivity contribution in [1.82, 2.24) is 0 Å². The minimum Gasteiger partial charge on any atom is -0.352 e. The largest absolute Gasteiger partial charge is 0.352 e. The van der Waals surface area contributed by atoms with Crippen molar-refractivity contribution in [3.05, 3.63) is 75.3 Å². The second kappa shape index (κ2) is 4.74. The second-order valence-corrected chi connectivity index (χ2v) is 7.17. The minimum atomic E-state index is -0.896. The highest BCUT2D eigenvalue weighted by Gasteiger charge is 2.67. The van der Waals surface area contributed by atoms with Crippen LogP contribution in [0.25, 0.3) is 0 Å². The van der Waals surface area contributed by atoms with E-state index in [0.29, 0.717) is 17.5 Å². The summed E-state index contributed by atoms with van der Waals surface area (Å²) in [5.74, 6) is -0.0195. The van der Waals surface area contributed by atoms with Crippen molar-refractivity contribution in [3.63, 3.8) is 0 Å². The van der Waals surface area contributed by atoms with Gasteiger partial charge in [-0.25, -0.2) is 0 Å². The number of Topliss-reactive ketones (excluding diaryl/α,β-unsaturated/α-hetero) is 1. The molecule has 0 N–H and O–H groups in total. The molecule has 0 bridgehead atoms. The average molecular weight is 323 g/mol. The third-order valence-corrected chi connectivity index (χ3v) is 5.07. The van der Waals surface area contributed by atoms with Crippen molar-refractivity contribution in [2.45, 2.75) is 37.4 Å². The van der Waals surface area contributed by atoms with E-state index < -0.39 is 16.6 Å². The standard InChI is InChI=1S/C19H17NO4/c1-18(2)11-19(16(21)14-8-3-4-9-15(14)18)17(24-19)12-6-5-7-13(10-12)20(22)23/h3-10,17H,11H2,1-2H3/t17-,19+/m1/s1. The predicted octanol–water partition coefficient (Wildman–Crippen LogP) is 3.97. The van der Waals surface area contributed by atoms with Gasteiger partial charge in [0.15, 0.2) is 11.4 Å². The van der Waals surface area contributed by atoms with E-state index in [0.717, 1.165) is 5.56 Å². The molecule has 2 aliphatic rings. The molecule has 2 aromatic rings. The number of nitro benzene ring substituents is 1. The number of nitrogens with zero attached hydrogens (tertiary/aromatic N) is 1. The Balaban J connectivity index is 1.75. The van der Waals surface area contributed by atoms with Crippen LogP contribution in [0.1, 0.15) is 47.9 Å². The highest BCUT2D eigenvalue weighted by molar-refractivity contribution is 6.07. The first-order chi connectivity index (χ1) is 11.3. The van der Waals surface area contributed by atoms with Crippen LogP contribution in [0.5, 0.6) is 0 Å². The second-order valence-electron chi connectivity index (χ2n) is 7.17. The van der Waals surface area contributed by atoms with E-state index in [1.54, 1.807) is 12.1 Å². The van der Waals surface area contributed by atoms with E-state index in [1.165, 1.54) is 12.1 Å². The topological polar surface area (TPSA) is 72.7 Å². The molecule has 1 saturated heterocycles. The number of benzene rings is 2. The first-order valence-corrected chi connectivity index (χ1v) is 7.92. The van der Waals surface area contributed by atoms with Crippen LogP contribution in [0.2, 0.25) is 0 Å². The highest BCUT2D eigenvalue weighted by atomic mass is 16.6. The van der Waals surface area contributed by atoms with E-state index in [1.807, 2.05) is 24.3 Å². The Morgan fingerprint density at radius 2 is 1.92 bits per heavy atom. The summed E-state index contributed by atoms with van der Waals surface area (Å²) in [5.41, 5.74) is 1.34. The van der Waals surface area contributed by atoms with Crippen LogP contribution < -0.4 is 0 Å². The van der Waals surface area contributed by atoms with Gasteiger partial charge in [0.1, 0.15) is 6.10 Å². The number of non-ortho nitro benzene ring substituents is 1. The van der Waals surface area contributed by atoms with E-state index in [9.17, 15) is 14.9 Å². The average Bonchev–Trinajstić information content (AvgIpc) is 3.27. The third-order valence-electron chi connectivity index (χ3n) is 5.07. The number of carbonyl (C=O) groups excluding carboxylic acids is 1. The molecule has 1 spiro atoms. The molecule has 1 aliphatic carbocycles. The molecule has 0 amide bonds. The number of hydrogen-bond donors (Lipinski definition) is 0. The van der Waals surface area contributed by atoms with E-state index in [2.05, 4.69) is 13.8 Å². The molecule has 0 unspecified atom stereocenters. The first-order valence-electron chi connectivity index (χ1n) is 7.92. The van der Waals surface area contributed by atoms with E-state index in [4.69, 9.17) is 4.74 Å². The molecule has 2 aromatic carbocycles. The minimum absolute atomic E-state index is 0.0149. The zero-order valence-electron chi connectivity index (χ0n) is 13.5. The van der Waals surface area contributed by atoms with Gasteiger partial charge in [0.25, 0.3) is 5.69 Å². The third kappa shape index (κ3) is 2.01. The highest BCUT2D eigenvalue weighted by Crippen LogP contribution is 2.60. The summed E-state index contributed by atoms with van der Waals surface area (Å²) in [4.78, 5) is 23.6. The zero-order chi connectivity index (χ0) is 17.1. The summed E-state index contributed by atoms with van der Waals surface area (Å²) in [6, 6.07) is 14.0. The summed E-state index contributed by atoms with van der Waals surface area (Å²) >= 11 is 0. The molecule has 0 radical (unpaired) electrons. The smallest absolute Gasteiger partial charge is 0.269 e. The maximum Gasteiger partial charge on any atom is 0.269 e. The molecule has 0 saturated carbocycles. The van der Waals surface area contributed by atoms with Crippen LogP contribution in [0.15, 0.2) is 48.5 Å². The number of ether oxygens (including phenoxy) is 1. The Bertz CT molecular complexity index is 873. The summed E-state index contributed by atoms with van der Waals surface area (Å²) < 4.78 is 5.90. The van der Waals surface area contributed by atoms with Crippen LogP contribution in [-0.4, -0.2) is 16.3 Å². The van der Waals surface area contributed by atoms with Crippen LogP contribution in [-0.2, 0) is 10.2 Å². The maximum absolute atomic E-state index is 13.0. The van der Waals surface area contributed by atoms with Crippen molar-refractivity contribution < 1.29 is 14.5 Å². The van der Waals surface area contributed by atoms with Crippen molar-refractivity contribution in [1.29, 1.82) is 0 Å². The number of hydrogen-bond acceptors (Lipinski definition) is 4. The number of nitro groups is 1. The quantitative estimate of drug-likeness (QED) is 0.476. The SMILES string of the molecule is CC1(C)C[C@]2(O[C@@H]2c2cccc([N+](=O)[O-])c2)C(=O)c2ccccc21. The molecule has 4 rings (SSSR count). The van der Waals surface area contributed by atoms with Gasteiger partial charge >= 0.3 is 0 Å². The van der Waals surface area contributed by atoms with Crippen molar-refractivity contribution >= 4 is 11.5 Å². The van der Waals surface area contributed by atoms with Crippen LogP contribution in [0, 0.1) is 10.1 Å². The molecule has 122 valence electrons. The molecule has 2 atom stereocenters. The normalized spacial score (nSPS) is 26.9. The molecule has 24 heavy (non-hydrogen) atoms. The van der Waals surface area contributed by atoms with E-state index in [-0.39, 0.29) is 16.9 Å². The fraction of sp³-hybridized carbons (Fsp3) is 0.316. The lowest BCUT2D eigenvalue weighted by Crippen LogP contribution is -2.40. The van der Waals surface area contributed by atoms with Gasteiger partial charge in [-0.15, -0.1) is 0 Å². The van der Waals surface area contributed by atoms with Crippen molar-refractivity contribution in [2.24, 2.45) is 0 Å². The molecule has 1 heterocycles. The predicted molar refractivity (Wildman–Crippen MR) is 88.1 cm³/mol. The van der Waals surface area contributed by atoms with Gasteiger partial charge in [-0.05, 0) is 23.0 Å². The van der Waals surface area contributed by atoms with Crippen molar-refractivity contribution in [3.8, 4) is 0 Å². The molecule has 1 aliphatic heterocycles. The van der Waals surface area contributed by atoms with Crippen LogP contribution in [0.3, 0.4) is 0 Å². The fourth-order valence-electron chi connectivity index (χ4n) is 3.95. The number of rotatable bonds is 2. The summed E-state index contributed by atoms with van der Waals surface area (Å²) in [5, 5.41) is 11.0. The molecule has 1 fully saturated rings. The van der Waals surface area contributed by atoms with Gasteiger partial charge in [0.05, 0.1) is 4.92 Å². The van der Waals surface area contributed by atoms with Gasteiger partial charge in [0.2, 0.25) is 0 Å². The lowest BCUT2D eigenvalue weighted by atomic mass is 9.66. The van der Waals surface area contributed by atoms with Gasteiger partial charge in [-0.3, -0.25) is 14.9 Å². The lowest BCUT2D eigenvalue weighted by molar-refractivity contribution is -0.384. The Hall–Kier alpha value is -2.53. The Labute approximate surface area is 139 Å². The van der Waals surface area contributed by atoms with Crippen molar-refractivity contribution in [2.75, 3.05) is 0 Å². The monoisotopic (exact) mass is 323 g/mol. The summed E-state index contributed by atoms with van der Waals surface area (Å²) in [6.45, 7) is 4.21. The number of fused-ring (bicyclic) bond motifs is 1. The first kappa shape index (κ1) is 15.0. The van der Waals surface area contributed by atoms with E-state index >= 15 is 0 Å². The zero-order valence-corrected chi connectivity index (χ0v) is 13.5. The molecule has 5 nitrogen and oxygen atoms in total. The molecular formula is C19H17NO4. The maximum atomic E-state index is 13.0. The fourth-order valence-corrected chi connectivity index (χ4v) is 3.95. The van der Waals surface area contributed by atoms with Crippen LogP contribution in [0.4, 0.5) is 5.69 Å². The molecular weight excluding hydrogens is 306 g/mol. The molecule has 5 heteroatoms. The number of ketones is 1. The van der Waals surface area contributed by atoms with Gasteiger partial charge in [0, 0.05) is 17.7 Å². The Kier molecular flexibility index (Phi) is 2.97. The Morgan fingerprint density at radius 3 is 2.67 bits per heavy atom. The van der Waals surface area contributed by atoms with Gasteiger partial charge in [-0.2, -0.15) is 0 Å². The lowest BCUT2D eigenvalue weighted by Gasteiger charge is -2.35. The van der Waals surface area contributed by atoms with Gasteiger partial charge in [-0.1, -0.05) is 50.2 Å². The molecule has 0 aromatic heterocycles. The van der Waals surface area contributed by atoms with Crippen LogP contribution >= 0.6 is 0 Å². The van der Waals surface area contributed by atoms with Gasteiger partial charge < -0.3 is 4.74 Å². The Morgan fingerprint density at radius 1 is 1.17 bits per heavy atom. The summed E-state index contributed by atoms with van der Waals surface area (Å²) in [7, 11) is 0. The number of epoxide rings is 1. The summed E-state index contributed by atoms with van der Waals surface area (Å²) in [6.07, 6.45) is 0.154. The number of carbonyl (C=O) groups is 1.